The predicted octanol–water partition coefficient (Wildman–Crippen LogP) is 1.39. The molecule has 104 valence electrons. The fourth-order valence-electron chi connectivity index (χ4n) is 2.56. The van der Waals surface area contributed by atoms with Gasteiger partial charge in [0.2, 0.25) is 0 Å². The minimum Gasteiger partial charge on any atom is -0.476 e. The first kappa shape index (κ1) is 13.7. The van der Waals surface area contributed by atoms with Crippen LogP contribution in [0.2, 0.25) is 0 Å². The molecular weight excluding hydrogens is 246 g/mol. The molecule has 2 unspecified atom stereocenters. The van der Waals surface area contributed by atoms with Crippen LogP contribution >= 0.6 is 0 Å². The maximum absolute atomic E-state index is 10.6. The average Bonchev–Trinajstić information content (AvgIpc) is 2.45. The molecule has 3 N–H and O–H groups in total. The van der Waals surface area contributed by atoms with Crippen molar-refractivity contribution >= 4 is 11.8 Å². The second kappa shape index (κ2) is 6.47. The van der Waals surface area contributed by atoms with E-state index in [1.54, 1.807) is 0 Å². The monoisotopic (exact) mass is 265 g/mol. The number of hydrogen-bond acceptors (Lipinski definition) is 5. The zero-order valence-corrected chi connectivity index (χ0v) is 10.7. The number of carboxylic acids is 1. The third-order valence-electron chi connectivity index (χ3n) is 3.72. The van der Waals surface area contributed by atoms with Crippen LogP contribution in [0.4, 0.5) is 5.82 Å². The molecular formula is C13H19N3O3. The summed E-state index contributed by atoms with van der Waals surface area (Å²) in [5.74, 6) is 0.297. The number of rotatable bonds is 5. The van der Waals surface area contributed by atoms with Crippen molar-refractivity contribution in [1.29, 1.82) is 0 Å². The van der Waals surface area contributed by atoms with E-state index in [9.17, 15) is 9.90 Å². The van der Waals surface area contributed by atoms with Crippen LogP contribution in [0.25, 0.3) is 0 Å². The Kier molecular flexibility index (Phi) is 4.68. The second-order valence-electron chi connectivity index (χ2n) is 4.96. The van der Waals surface area contributed by atoms with Gasteiger partial charge in [-0.05, 0) is 24.7 Å². The Morgan fingerprint density at radius 2 is 2.00 bits per heavy atom. The third-order valence-corrected chi connectivity index (χ3v) is 3.72. The number of carbonyl (C=O) groups is 1. The van der Waals surface area contributed by atoms with Gasteiger partial charge in [0.05, 0.1) is 12.4 Å². The molecule has 0 aliphatic heterocycles. The lowest BCUT2D eigenvalue weighted by Crippen LogP contribution is -2.28. The summed E-state index contributed by atoms with van der Waals surface area (Å²) >= 11 is 0. The van der Waals surface area contributed by atoms with Crippen molar-refractivity contribution in [3.8, 4) is 0 Å². The molecule has 1 aliphatic carbocycles. The van der Waals surface area contributed by atoms with Crippen LogP contribution in [0.1, 0.15) is 36.2 Å². The Hall–Kier alpha value is -1.69. The van der Waals surface area contributed by atoms with Crippen LogP contribution in [0.5, 0.6) is 0 Å². The van der Waals surface area contributed by atoms with E-state index >= 15 is 0 Å². The number of aromatic carboxylic acids is 1. The summed E-state index contributed by atoms with van der Waals surface area (Å²) in [6.45, 7) is 0.975. The van der Waals surface area contributed by atoms with Crippen molar-refractivity contribution in [3.63, 3.8) is 0 Å². The van der Waals surface area contributed by atoms with Gasteiger partial charge in [0.15, 0.2) is 5.69 Å². The van der Waals surface area contributed by atoms with Crippen LogP contribution < -0.4 is 5.32 Å². The first-order chi connectivity index (χ1) is 9.20. The zero-order valence-electron chi connectivity index (χ0n) is 10.7. The lowest BCUT2D eigenvalue weighted by molar-refractivity contribution is 0.0690. The normalized spacial score (nSPS) is 23.0. The highest BCUT2D eigenvalue weighted by atomic mass is 16.4. The van der Waals surface area contributed by atoms with Gasteiger partial charge in [-0.15, -0.1) is 0 Å². The number of nitrogens with zero attached hydrogens (tertiary/aromatic N) is 2. The van der Waals surface area contributed by atoms with E-state index in [0.29, 0.717) is 17.7 Å². The molecule has 6 nitrogen and oxygen atoms in total. The van der Waals surface area contributed by atoms with Crippen molar-refractivity contribution in [1.82, 2.24) is 9.97 Å². The topological polar surface area (TPSA) is 95.3 Å². The molecule has 0 aromatic carbocycles. The molecule has 0 amide bonds. The van der Waals surface area contributed by atoms with Crippen molar-refractivity contribution in [2.45, 2.75) is 25.7 Å². The molecule has 1 fully saturated rings. The first-order valence-corrected chi connectivity index (χ1v) is 6.60. The number of aromatic nitrogens is 2. The minimum atomic E-state index is -1.08. The molecule has 1 aliphatic rings. The lowest BCUT2D eigenvalue weighted by Gasteiger charge is -2.30. The van der Waals surface area contributed by atoms with E-state index in [-0.39, 0.29) is 12.3 Å². The summed E-state index contributed by atoms with van der Waals surface area (Å²) in [7, 11) is 0. The van der Waals surface area contributed by atoms with Crippen molar-refractivity contribution in [3.05, 3.63) is 18.1 Å². The Bertz CT molecular complexity index is 422. The van der Waals surface area contributed by atoms with Gasteiger partial charge in [-0.25, -0.2) is 14.8 Å². The Morgan fingerprint density at radius 3 is 2.58 bits per heavy atom. The predicted molar refractivity (Wildman–Crippen MR) is 70.0 cm³/mol. The highest BCUT2D eigenvalue weighted by molar-refractivity contribution is 5.84. The zero-order chi connectivity index (χ0) is 13.7. The summed E-state index contributed by atoms with van der Waals surface area (Å²) < 4.78 is 0. The summed E-state index contributed by atoms with van der Waals surface area (Å²) in [5, 5.41) is 21.2. The largest absolute Gasteiger partial charge is 0.476 e. The number of nitrogens with one attached hydrogen (secondary N) is 1. The first-order valence-electron chi connectivity index (χ1n) is 6.60. The van der Waals surface area contributed by atoms with Gasteiger partial charge in [-0.1, -0.05) is 12.8 Å². The molecule has 0 radical (unpaired) electrons. The van der Waals surface area contributed by atoms with Gasteiger partial charge in [0, 0.05) is 13.2 Å². The number of aliphatic hydroxyl groups is 1. The van der Waals surface area contributed by atoms with E-state index in [1.165, 1.54) is 25.2 Å². The van der Waals surface area contributed by atoms with Gasteiger partial charge in [0.25, 0.3) is 0 Å². The third kappa shape index (κ3) is 3.64. The van der Waals surface area contributed by atoms with Crippen LogP contribution in [0.15, 0.2) is 12.4 Å². The molecule has 6 heteroatoms. The Balaban J connectivity index is 1.88. The molecule has 19 heavy (non-hydrogen) atoms. The van der Waals surface area contributed by atoms with Gasteiger partial charge in [0.1, 0.15) is 5.82 Å². The maximum Gasteiger partial charge on any atom is 0.356 e. The fraction of sp³-hybridized carbons (Fsp3) is 0.615. The van der Waals surface area contributed by atoms with Gasteiger partial charge in [-0.3, -0.25) is 0 Å². The van der Waals surface area contributed by atoms with Gasteiger partial charge >= 0.3 is 5.97 Å². The Labute approximate surface area is 111 Å². The molecule has 2 atom stereocenters. The smallest absolute Gasteiger partial charge is 0.356 e. The van der Waals surface area contributed by atoms with E-state index in [4.69, 9.17) is 5.11 Å². The van der Waals surface area contributed by atoms with Crippen molar-refractivity contribution in [2.75, 3.05) is 18.5 Å². The highest BCUT2D eigenvalue weighted by Crippen LogP contribution is 2.29. The Morgan fingerprint density at radius 1 is 1.26 bits per heavy atom. The van der Waals surface area contributed by atoms with Gasteiger partial charge in [-0.2, -0.15) is 0 Å². The van der Waals surface area contributed by atoms with E-state index in [2.05, 4.69) is 15.3 Å². The molecule has 0 saturated heterocycles. The summed E-state index contributed by atoms with van der Waals surface area (Å²) in [6, 6.07) is 0. The quantitative estimate of drug-likeness (QED) is 0.744. The molecule has 1 saturated carbocycles. The van der Waals surface area contributed by atoms with Crippen molar-refractivity contribution < 1.29 is 15.0 Å². The molecule has 1 aromatic rings. The maximum atomic E-state index is 10.6. The molecule has 2 rings (SSSR count). The summed E-state index contributed by atoms with van der Waals surface area (Å²) in [6.07, 6.45) is 7.25. The van der Waals surface area contributed by atoms with Crippen LogP contribution in [0.3, 0.4) is 0 Å². The van der Waals surface area contributed by atoms with Crippen LogP contribution in [-0.2, 0) is 0 Å². The fourth-order valence-corrected chi connectivity index (χ4v) is 2.56. The van der Waals surface area contributed by atoms with Crippen LogP contribution in [0, 0.1) is 11.8 Å². The van der Waals surface area contributed by atoms with E-state index in [0.717, 1.165) is 19.4 Å². The molecule has 0 spiro atoms. The van der Waals surface area contributed by atoms with Crippen molar-refractivity contribution in [2.24, 2.45) is 11.8 Å². The molecule has 0 bridgehead atoms. The van der Waals surface area contributed by atoms with E-state index < -0.39 is 5.97 Å². The SMILES string of the molecule is O=C(O)c1cnc(NCC2CCCCC2CO)cn1. The number of carboxylic acid groups (broad SMARTS) is 1. The number of hydrogen-bond donors (Lipinski definition) is 3. The summed E-state index contributed by atoms with van der Waals surface area (Å²) in [5.41, 5.74) is -0.0588. The molecule has 1 aromatic heterocycles. The lowest BCUT2D eigenvalue weighted by atomic mass is 9.79. The van der Waals surface area contributed by atoms with Crippen LogP contribution in [-0.4, -0.2) is 39.3 Å². The van der Waals surface area contributed by atoms with Gasteiger partial charge < -0.3 is 15.5 Å². The average molecular weight is 265 g/mol. The minimum absolute atomic E-state index is 0.0588. The summed E-state index contributed by atoms with van der Waals surface area (Å²) in [4.78, 5) is 18.5. The van der Waals surface area contributed by atoms with E-state index in [1.807, 2.05) is 0 Å². The number of aliphatic hydroxyl groups excluding tert-OH is 1. The number of anilines is 1. The second-order valence-corrected chi connectivity index (χ2v) is 4.96. The molecule has 1 heterocycles. The standard InChI is InChI=1S/C13H19N3O3/c17-8-10-4-2-1-3-9(10)5-15-12-7-14-11(6-16-12)13(18)19/h6-7,9-10,17H,1-5,8H2,(H,15,16)(H,18,19). The highest BCUT2D eigenvalue weighted by Gasteiger charge is 2.24.